The Morgan fingerprint density at radius 1 is 1.22 bits per heavy atom. The number of hydrogen-bond donors (Lipinski definition) is 1. The van der Waals surface area contributed by atoms with Crippen LogP contribution in [0.25, 0.3) is 0 Å². The van der Waals surface area contributed by atoms with E-state index in [0.717, 1.165) is 25.0 Å². The van der Waals surface area contributed by atoms with Gasteiger partial charge in [0.1, 0.15) is 5.78 Å². The molecule has 2 unspecified atom stereocenters. The van der Waals surface area contributed by atoms with Crippen molar-refractivity contribution in [1.82, 2.24) is 5.43 Å². The van der Waals surface area contributed by atoms with Crippen LogP contribution in [0, 0.1) is 30.3 Å². The Labute approximate surface area is 190 Å². The molecule has 1 aromatic carbocycles. The zero-order valence-corrected chi connectivity index (χ0v) is 19.7. The van der Waals surface area contributed by atoms with E-state index in [2.05, 4.69) is 42.4 Å². The molecule has 0 saturated carbocycles. The highest BCUT2D eigenvalue weighted by molar-refractivity contribution is 6.03. The molecule has 1 aromatic rings. The van der Waals surface area contributed by atoms with E-state index in [1.54, 1.807) is 6.92 Å². The van der Waals surface area contributed by atoms with Crippen molar-refractivity contribution >= 4 is 11.5 Å². The molecule has 176 valence electrons. The van der Waals surface area contributed by atoms with Gasteiger partial charge in [0, 0.05) is 25.3 Å². The van der Waals surface area contributed by atoms with E-state index >= 15 is 0 Å². The summed E-state index contributed by atoms with van der Waals surface area (Å²) in [5.41, 5.74) is 5.81. The number of nitrogens with one attached hydrogen (secondary N) is 1. The summed E-state index contributed by atoms with van der Waals surface area (Å²) in [6.07, 6.45) is 17.3. The highest BCUT2D eigenvalue weighted by Crippen LogP contribution is 2.28. The molecule has 1 heterocycles. The fourth-order valence-electron chi connectivity index (χ4n) is 3.26. The van der Waals surface area contributed by atoms with Crippen molar-refractivity contribution < 1.29 is 18.0 Å². The van der Waals surface area contributed by atoms with Gasteiger partial charge in [-0.1, -0.05) is 38.5 Å². The first-order valence-corrected chi connectivity index (χ1v) is 10.9. The molecule has 0 aromatic heterocycles. The first-order chi connectivity index (χ1) is 15.3. The quantitative estimate of drug-likeness (QED) is 0.268. The van der Waals surface area contributed by atoms with Crippen LogP contribution in [-0.2, 0) is 4.79 Å². The van der Waals surface area contributed by atoms with Gasteiger partial charge in [-0.25, -0.2) is 13.2 Å². The number of halogens is 3. The Hall–Kier alpha value is -2.81. The lowest BCUT2D eigenvalue weighted by molar-refractivity contribution is -0.119. The van der Waals surface area contributed by atoms with Crippen LogP contribution in [0.15, 0.2) is 41.0 Å². The van der Waals surface area contributed by atoms with Gasteiger partial charge in [-0.2, -0.15) is 5.10 Å². The largest absolute Gasteiger partial charge is 0.307 e. The van der Waals surface area contributed by atoms with Gasteiger partial charge in [-0.05, 0) is 56.4 Å². The summed E-state index contributed by atoms with van der Waals surface area (Å²) in [4.78, 5) is 11.4. The van der Waals surface area contributed by atoms with E-state index in [1.165, 1.54) is 11.3 Å². The number of nitrogens with zero attached hydrogens (tertiary/aromatic N) is 1. The van der Waals surface area contributed by atoms with Gasteiger partial charge in [-0.15, -0.1) is 12.8 Å². The Bertz CT molecular complexity index is 818. The van der Waals surface area contributed by atoms with E-state index in [9.17, 15) is 18.0 Å². The number of Topliss-reactive ketones (excluding diaryl/α,β-unsaturated/α-hetero) is 1. The van der Waals surface area contributed by atoms with E-state index in [1.807, 2.05) is 26.8 Å². The second-order valence-corrected chi connectivity index (χ2v) is 7.42. The van der Waals surface area contributed by atoms with Gasteiger partial charge >= 0.3 is 0 Å². The fourth-order valence-corrected chi connectivity index (χ4v) is 3.26. The maximum atomic E-state index is 13.2. The number of allylic oxidation sites excluding steroid dienone is 4. The number of benzene rings is 1. The average molecular weight is 449 g/mol. The molecule has 1 N–H and O–H groups in total. The summed E-state index contributed by atoms with van der Waals surface area (Å²) in [7, 11) is 0. The zero-order valence-electron chi connectivity index (χ0n) is 19.7. The van der Waals surface area contributed by atoms with Crippen LogP contribution in [0.3, 0.4) is 0 Å². The lowest BCUT2D eigenvalue weighted by Gasteiger charge is -2.16. The monoisotopic (exact) mass is 448 g/mol. The molecule has 1 aliphatic heterocycles. The predicted molar refractivity (Wildman–Crippen MR) is 127 cm³/mol. The van der Waals surface area contributed by atoms with Crippen LogP contribution in [0.1, 0.15) is 78.2 Å². The smallest absolute Gasteiger partial charge is 0.194 e. The molecule has 32 heavy (non-hydrogen) atoms. The Morgan fingerprint density at radius 3 is 2.22 bits per heavy atom. The molecule has 0 spiro atoms. The van der Waals surface area contributed by atoms with Gasteiger partial charge < -0.3 is 5.43 Å². The molecule has 0 bridgehead atoms. The summed E-state index contributed by atoms with van der Waals surface area (Å²) in [6.45, 7) is 9.88. The molecule has 0 amide bonds. The van der Waals surface area contributed by atoms with Crippen LogP contribution in [0.4, 0.5) is 13.2 Å². The van der Waals surface area contributed by atoms with Crippen molar-refractivity contribution in [1.29, 1.82) is 0 Å². The molecule has 2 atom stereocenters. The highest BCUT2D eigenvalue weighted by atomic mass is 19.2. The number of carbonyl (C=O) groups is 1. The van der Waals surface area contributed by atoms with Crippen LogP contribution in [0.2, 0.25) is 0 Å². The number of hydrogen-bond acceptors (Lipinski definition) is 3. The van der Waals surface area contributed by atoms with Crippen molar-refractivity contribution in [3.05, 3.63) is 58.9 Å². The molecule has 0 saturated heterocycles. The third kappa shape index (κ3) is 9.55. The lowest BCUT2D eigenvalue weighted by atomic mass is 9.89. The normalized spacial score (nSPS) is 16.2. The number of ketones is 1. The number of rotatable bonds is 8. The zero-order chi connectivity index (χ0) is 24.7. The SMILES string of the molecule is C#C.C/C=C\C(=C/C)C1=NNC(C)C1.CCCC(CC(=O)CC)c1cc(F)c(F)c(F)c1. The minimum Gasteiger partial charge on any atom is -0.307 e. The summed E-state index contributed by atoms with van der Waals surface area (Å²) in [6, 6.07) is 2.46. The summed E-state index contributed by atoms with van der Waals surface area (Å²) in [5.74, 6) is -4.06. The highest BCUT2D eigenvalue weighted by Gasteiger charge is 2.19. The van der Waals surface area contributed by atoms with Gasteiger partial charge in [0.05, 0.1) is 5.71 Å². The molecular weight excluding hydrogens is 413 g/mol. The first kappa shape index (κ1) is 29.2. The van der Waals surface area contributed by atoms with Crippen molar-refractivity contribution in [2.45, 2.75) is 78.7 Å². The van der Waals surface area contributed by atoms with Gasteiger partial charge in [0.15, 0.2) is 17.5 Å². The average Bonchev–Trinajstić information content (AvgIpc) is 3.22. The summed E-state index contributed by atoms with van der Waals surface area (Å²) >= 11 is 0. The van der Waals surface area contributed by atoms with E-state index in [0.29, 0.717) is 24.4 Å². The minimum absolute atomic E-state index is 0.0404. The Morgan fingerprint density at radius 2 is 1.81 bits per heavy atom. The summed E-state index contributed by atoms with van der Waals surface area (Å²) < 4.78 is 39.2. The second-order valence-electron chi connectivity index (χ2n) is 7.42. The molecule has 1 aliphatic rings. The van der Waals surface area contributed by atoms with E-state index in [-0.39, 0.29) is 18.1 Å². The van der Waals surface area contributed by atoms with Crippen LogP contribution >= 0.6 is 0 Å². The van der Waals surface area contributed by atoms with Crippen LogP contribution in [-0.4, -0.2) is 17.5 Å². The lowest BCUT2D eigenvalue weighted by Crippen LogP contribution is -2.13. The maximum Gasteiger partial charge on any atom is 0.194 e. The second kappa shape index (κ2) is 15.9. The molecular formula is C26H35F3N2O. The maximum absolute atomic E-state index is 13.2. The Balaban J connectivity index is 0.000000595. The van der Waals surface area contributed by atoms with Crippen LogP contribution in [0.5, 0.6) is 0 Å². The number of hydrazone groups is 1. The molecule has 3 nitrogen and oxygen atoms in total. The van der Waals surface area contributed by atoms with Crippen molar-refractivity contribution in [3.63, 3.8) is 0 Å². The standard InChI is InChI=1S/C14H17F3O.C10H16N2.C2H2/c1-3-5-9(6-11(18)4-2)10-7-12(15)14(17)13(16)8-10;1-4-6-9(5-2)10-7-8(3)11-12-10;1-2/h7-9H,3-6H2,1-2H3;4-6,8,11H,7H2,1-3H3;1-2H/b;6-4-,9-5+;. The third-order valence-corrected chi connectivity index (χ3v) is 4.89. The third-order valence-electron chi connectivity index (χ3n) is 4.89. The Kier molecular flexibility index (Phi) is 14.5. The predicted octanol–water partition coefficient (Wildman–Crippen LogP) is 6.85. The van der Waals surface area contributed by atoms with Crippen molar-refractivity contribution in [3.8, 4) is 12.8 Å². The van der Waals surface area contributed by atoms with E-state index in [4.69, 9.17) is 0 Å². The topological polar surface area (TPSA) is 41.5 Å². The van der Waals surface area contributed by atoms with Gasteiger partial charge in [0.25, 0.3) is 0 Å². The van der Waals surface area contributed by atoms with Gasteiger partial charge in [0.2, 0.25) is 0 Å². The van der Waals surface area contributed by atoms with Crippen LogP contribution < -0.4 is 5.43 Å². The summed E-state index contributed by atoms with van der Waals surface area (Å²) in [5, 5.41) is 4.25. The first-order valence-electron chi connectivity index (χ1n) is 10.9. The minimum atomic E-state index is -1.46. The molecule has 0 aliphatic carbocycles. The molecule has 0 radical (unpaired) electrons. The number of carbonyl (C=O) groups excluding carboxylic acids is 1. The molecule has 6 heteroatoms. The molecule has 2 rings (SSSR count). The van der Waals surface area contributed by atoms with Gasteiger partial charge in [-0.3, -0.25) is 4.79 Å². The molecule has 0 fully saturated rings. The number of terminal acetylenes is 1. The van der Waals surface area contributed by atoms with E-state index < -0.39 is 17.5 Å². The fraction of sp³-hybridized carbons (Fsp3) is 0.462. The van der Waals surface area contributed by atoms with Crippen molar-refractivity contribution in [2.24, 2.45) is 5.10 Å². The van der Waals surface area contributed by atoms with Crippen molar-refractivity contribution in [2.75, 3.05) is 0 Å².